The molecule has 1 heterocycles. The summed E-state index contributed by atoms with van der Waals surface area (Å²) in [5.41, 5.74) is 6.15. The summed E-state index contributed by atoms with van der Waals surface area (Å²) in [6.45, 7) is 3.41. The van der Waals surface area contributed by atoms with Crippen molar-refractivity contribution in [1.82, 2.24) is 0 Å². The third kappa shape index (κ3) is 6.26. The average Bonchev–Trinajstić information content (AvgIpc) is 2.62. The summed E-state index contributed by atoms with van der Waals surface area (Å²) < 4.78 is 26.8. The van der Waals surface area contributed by atoms with E-state index in [1.54, 1.807) is 24.3 Å². The van der Waals surface area contributed by atoms with Crippen molar-refractivity contribution in [1.29, 1.82) is 0 Å². The molecule has 1 fully saturated rings. The van der Waals surface area contributed by atoms with Crippen LogP contribution in [0.1, 0.15) is 26.3 Å². The van der Waals surface area contributed by atoms with Crippen molar-refractivity contribution < 1.29 is 42.9 Å². The largest absolute Gasteiger partial charge is 0.456 e. The number of carbonyl (C=O) groups excluding carboxylic acids is 4. The molecule has 10 heteroatoms. The van der Waals surface area contributed by atoms with E-state index in [1.807, 2.05) is 6.07 Å². The number of nitrogens with two attached hydrogens (primary N) is 1. The second-order valence-electron chi connectivity index (χ2n) is 6.35. The van der Waals surface area contributed by atoms with Crippen LogP contribution in [0.5, 0.6) is 0 Å². The molecule has 10 nitrogen and oxygen atoms in total. The van der Waals surface area contributed by atoms with Crippen LogP contribution < -0.4 is 5.73 Å². The van der Waals surface area contributed by atoms with Gasteiger partial charge in [0.2, 0.25) is 6.29 Å². The lowest BCUT2D eigenvalue weighted by Gasteiger charge is -2.43. The molecule has 2 rings (SSSR count). The van der Waals surface area contributed by atoms with Gasteiger partial charge in [-0.05, 0) is 5.56 Å². The number of hydrogen-bond acceptors (Lipinski definition) is 9. The fraction of sp³-hybridized carbons (Fsp3) is 0.474. The van der Waals surface area contributed by atoms with Gasteiger partial charge in [0.15, 0.2) is 18.3 Å². The van der Waals surface area contributed by atoms with Crippen molar-refractivity contribution >= 4 is 23.8 Å². The van der Waals surface area contributed by atoms with E-state index in [-0.39, 0.29) is 6.61 Å². The van der Waals surface area contributed by atoms with Gasteiger partial charge >= 0.3 is 17.9 Å². The summed E-state index contributed by atoms with van der Waals surface area (Å²) in [6.07, 6.45) is -6.80. The van der Waals surface area contributed by atoms with Crippen LogP contribution in [0.4, 0.5) is 0 Å². The van der Waals surface area contributed by atoms with E-state index in [0.717, 1.165) is 26.3 Å². The summed E-state index contributed by atoms with van der Waals surface area (Å²) in [5, 5.41) is 0. The normalized spacial score (nSPS) is 26.2. The molecule has 29 heavy (non-hydrogen) atoms. The molecule has 1 aliphatic rings. The minimum atomic E-state index is -1.49. The summed E-state index contributed by atoms with van der Waals surface area (Å²) in [7, 11) is 0. The number of primary amides is 1. The Kier molecular flexibility index (Phi) is 7.68. The zero-order valence-corrected chi connectivity index (χ0v) is 16.2. The number of hydrogen-bond donors (Lipinski definition) is 1. The van der Waals surface area contributed by atoms with E-state index in [2.05, 4.69) is 0 Å². The molecule has 0 radical (unpaired) electrons. The lowest BCUT2D eigenvalue weighted by atomic mass is 9.97. The summed E-state index contributed by atoms with van der Waals surface area (Å²) >= 11 is 0. The summed E-state index contributed by atoms with van der Waals surface area (Å²) in [5.74, 6) is -3.17. The molecular formula is C19H23NO9. The van der Waals surface area contributed by atoms with Crippen LogP contribution in [0.2, 0.25) is 0 Å². The molecule has 0 saturated carbocycles. The van der Waals surface area contributed by atoms with E-state index in [4.69, 9.17) is 29.4 Å². The van der Waals surface area contributed by atoms with Crippen molar-refractivity contribution in [2.45, 2.75) is 58.1 Å². The van der Waals surface area contributed by atoms with Crippen molar-refractivity contribution in [3.8, 4) is 0 Å². The Bertz CT molecular complexity index is 751. The van der Waals surface area contributed by atoms with E-state index >= 15 is 0 Å². The fourth-order valence-corrected chi connectivity index (χ4v) is 2.89. The molecule has 1 aliphatic heterocycles. The van der Waals surface area contributed by atoms with Gasteiger partial charge in [-0.1, -0.05) is 30.3 Å². The van der Waals surface area contributed by atoms with Gasteiger partial charge in [-0.25, -0.2) is 0 Å². The second kappa shape index (κ2) is 9.99. The Balaban J connectivity index is 2.40. The van der Waals surface area contributed by atoms with Crippen LogP contribution in [0.25, 0.3) is 0 Å². The maximum atomic E-state index is 11.9. The Morgan fingerprint density at radius 3 is 1.93 bits per heavy atom. The van der Waals surface area contributed by atoms with Crippen LogP contribution in [0.3, 0.4) is 0 Å². The first-order chi connectivity index (χ1) is 13.7. The molecule has 2 unspecified atom stereocenters. The Morgan fingerprint density at radius 1 is 0.862 bits per heavy atom. The van der Waals surface area contributed by atoms with Crippen molar-refractivity contribution in [2.24, 2.45) is 5.73 Å². The first-order valence-corrected chi connectivity index (χ1v) is 8.81. The first-order valence-electron chi connectivity index (χ1n) is 8.81. The maximum Gasteiger partial charge on any atom is 0.305 e. The summed E-state index contributed by atoms with van der Waals surface area (Å²) in [4.78, 5) is 46.7. The molecule has 1 amide bonds. The SMILES string of the molecule is CC(=O)OC1[C@H](OC(C)=O)OC(C(N)=O)[C@@H](OC(C)=O)[C@H]1OCc1ccccc1. The highest BCUT2D eigenvalue weighted by Crippen LogP contribution is 2.30. The lowest BCUT2D eigenvalue weighted by Crippen LogP contribution is -2.64. The van der Waals surface area contributed by atoms with Crippen LogP contribution in [0, 0.1) is 0 Å². The second-order valence-corrected chi connectivity index (χ2v) is 6.35. The van der Waals surface area contributed by atoms with Crippen molar-refractivity contribution in [3.63, 3.8) is 0 Å². The number of benzene rings is 1. The fourth-order valence-electron chi connectivity index (χ4n) is 2.89. The van der Waals surface area contributed by atoms with Gasteiger partial charge in [0.05, 0.1) is 6.61 Å². The van der Waals surface area contributed by atoms with Gasteiger partial charge in [-0.2, -0.15) is 0 Å². The van der Waals surface area contributed by atoms with Crippen LogP contribution in [-0.4, -0.2) is 54.5 Å². The molecule has 1 aromatic rings. The number of rotatable bonds is 7. The highest BCUT2D eigenvalue weighted by molar-refractivity contribution is 5.80. The van der Waals surface area contributed by atoms with E-state index in [0.29, 0.717) is 0 Å². The summed E-state index contributed by atoms with van der Waals surface area (Å²) in [6, 6.07) is 8.99. The lowest BCUT2D eigenvalue weighted by molar-refractivity contribution is -0.295. The molecule has 1 aromatic carbocycles. The van der Waals surface area contributed by atoms with Gasteiger partial charge in [0.1, 0.15) is 6.10 Å². The Morgan fingerprint density at radius 2 is 1.41 bits per heavy atom. The topological polar surface area (TPSA) is 140 Å². The van der Waals surface area contributed by atoms with Crippen LogP contribution in [0.15, 0.2) is 30.3 Å². The monoisotopic (exact) mass is 409 g/mol. The highest BCUT2D eigenvalue weighted by atomic mass is 16.7. The molecular weight excluding hydrogens is 386 g/mol. The molecule has 2 N–H and O–H groups in total. The van der Waals surface area contributed by atoms with Crippen LogP contribution >= 0.6 is 0 Å². The van der Waals surface area contributed by atoms with Crippen molar-refractivity contribution in [2.75, 3.05) is 0 Å². The minimum Gasteiger partial charge on any atom is -0.456 e. The number of carbonyl (C=O) groups is 4. The standard InChI is InChI=1S/C19H23NO9/c1-10(21)26-15-14(25-9-13-7-5-4-6-8-13)17(27-11(2)22)19(28-12(3)23)29-16(15)18(20)24/h4-8,14-17,19H,9H2,1-3H3,(H2,20,24)/t14-,15+,16?,17?,19-/m1/s1. The molecule has 0 aliphatic carbocycles. The predicted octanol–water partition coefficient (Wildman–Crippen LogP) is 0.209. The van der Waals surface area contributed by atoms with Gasteiger partial charge in [0.25, 0.3) is 5.91 Å². The molecule has 158 valence electrons. The number of amides is 1. The third-order valence-electron chi connectivity index (χ3n) is 3.95. The quantitative estimate of drug-likeness (QED) is 0.494. The number of esters is 3. The van der Waals surface area contributed by atoms with Gasteiger partial charge in [-0.3, -0.25) is 19.2 Å². The van der Waals surface area contributed by atoms with Gasteiger partial charge in [0, 0.05) is 20.8 Å². The smallest absolute Gasteiger partial charge is 0.305 e. The Hall–Kier alpha value is -2.98. The number of ether oxygens (including phenoxy) is 5. The zero-order chi connectivity index (χ0) is 21.6. The van der Waals surface area contributed by atoms with Crippen LogP contribution in [-0.2, 0) is 49.5 Å². The molecule has 1 saturated heterocycles. The molecule has 0 aromatic heterocycles. The first kappa shape index (κ1) is 22.3. The van der Waals surface area contributed by atoms with E-state index < -0.39 is 54.5 Å². The van der Waals surface area contributed by atoms with Crippen molar-refractivity contribution in [3.05, 3.63) is 35.9 Å². The molecule has 0 spiro atoms. The third-order valence-corrected chi connectivity index (χ3v) is 3.95. The minimum absolute atomic E-state index is 0.0271. The van der Waals surface area contributed by atoms with E-state index in [1.165, 1.54) is 0 Å². The zero-order valence-electron chi connectivity index (χ0n) is 16.2. The van der Waals surface area contributed by atoms with E-state index in [9.17, 15) is 19.2 Å². The van der Waals surface area contributed by atoms with Gasteiger partial charge < -0.3 is 29.4 Å². The van der Waals surface area contributed by atoms with Gasteiger partial charge in [-0.15, -0.1) is 0 Å². The molecule has 0 bridgehead atoms. The maximum absolute atomic E-state index is 11.9. The molecule has 5 atom stereocenters. The highest BCUT2D eigenvalue weighted by Gasteiger charge is 2.54. The predicted molar refractivity (Wildman–Crippen MR) is 95.7 cm³/mol. The average molecular weight is 409 g/mol. The Labute approximate surface area is 167 Å².